The SMILES string of the molecule is CCCCc1ccc(OC2NCCCC2c2cccc(=O)[nH]2)cc1. The van der Waals surface area contributed by atoms with Crippen molar-refractivity contribution in [2.75, 3.05) is 6.54 Å². The summed E-state index contributed by atoms with van der Waals surface area (Å²) in [4.78, 5) is 14.6. The largest absolute Gasteiger partial charge is 0.475 e. The van der Waals surface area contributed by atoms with E-state index in [2.05, 4.69) is 29.4 Å². The third kappa shape index (κ3) is 4.26. The second-order valence-corrected chi connectivity index (χ2v) is 6.46. The molecule has 2 N–H and O–H groups in total. The van der Waals surface area contributed by atoms with E-state index in [-0.39, 0.29) is 17.7 Å². The van der Waals surface area contributed by atoms with E-state index in [9.17, 15) is 4.79 Å². The zero-order valence-corrected chi connectivity index (χ0v) is 14.3. The van der Waals surface area contributed by atoms with Crippen LogP contribution in [-0.4, -0.2) is 17.8 Å². The normalized spacial score (nSPS) is 20.7. The van der Waals surface area contributed by atoms with Gasteiger partial charge in [0.15, 0.2) is 6.23 Å². The predicted octanol–water partition coefficient (Wildman–Crippen LogP) is 3.59. The Morgan fingerprint density at radius 1 is 1.17 bits per heavy atom. The summed E-state index contributed by atoms with van der Waals surface area (Å²) in [5.41, 5.74) is 2.24. The molecule has 1 aliphatic heterocycles. The first-order valence-corrected chi connectivity index (χ1v) is 8.94. The van der Waals surface area contributed by atoms with Crippen LogP contribution in [0.3, 0.4) is 0 Å². The summed E-state index contributed by atoms with van der Waals surface area (Å²) in [5, 5.41) is 3.44. The zero-order valence-electron chi connectivity index (χ0n) is 14.3. The van der Waals surface area contributed by atoms with Crippen molar-refractivity contribution >= 4 is 0 Å². The summed E-state index contributed by atoms with van der Waals surface area (Å²) in [6.07, 6.45) is 5.52. The minimum absolute atomic E-state index is 0.0582. The summed E-state index contributed by atoms with van der Waals surface area (Å²) in [5.74, 6) is 1.03. The first-order chi connectivity index (χ1) is 11.8. The highest BCUT2D eigenvalue weighted by atomic mass is 16.5. The van der Waals surface area contributed by atoms with E-state index >= 15 is 0 Å². The van der Waals surface area contributed by atoms with E-state index in [1.807, 2.05) is 24.3 Å². The number of hydrogen-bond acceptors (Lipinski definition) is 3. The first-order valence-electron chi connectivity index (χ1n) is 8.94. The highest BCUT2D eigenvalue weighted by molar-refractivity contribution is 5.28. The molecule has 4 heteroatoms. The first kappa shape index (κ1) is 16.8. The van der Waals surface area contributed by atoms with Crippen molar-refractivity contribution in [2.45, 2.75) is 51.2 Å². The van der Waals surface area contributed by atoms with Gasteiger partial charge < -0.3 is 9.72 Å². The minimum Gasteiger partial charge on any atom is -0.475 e. The van der Waals surface area contributed by atoms with Gasteiger partial charge in [-0.1, -0.05) is 31.5 Å². The highest BCUT2D eigenvalue weighted by Gasteiger charge is 2.28. The number of hydrogen-bond donors (Lipinski definition) is 2. The van der Waals surface area contributed by atoms with Gasteiger partial charge in [0.2, 0.25) is 5.56 Å². The number of pyridine rings is 1. The van der Waals surface area contributed by atoms with Crippen LogP contribution in [0.4, 0.5) is 0 Å². The topological polar surface area (TPSA) is 54.1 Å². The molecule has 0 bridgehead atoms. The second kappa shape index (κ2) is 8.15. The summed E-state index contributed by atoms with van der Waals surface area (Å²) in [6.45, 7) is 3.15. The number of benzene rings is 1. The molecule has 0 spiro atoms. The van der Waals surface area contributed by atoms with Crippen molar-refractivity contribution in [3.63, 3.8) is 0 Å². The van der Waals surface area contributed by atoms with Gasteiger partial charge in [0, 0.05) is 17.7 Å². The maximum atomic E-state index is 11.6. The minimum atomic E-state index is -0.113. The number of nitrogens with one attached hydrogen (secondary N) is 2. The Kier molecular flexibility index (Phi) is 5.70. The molecule has 128 valence electrons. The average Bonchev–Trinajstić information content (AvgIpc) is 2.62. The molecule has 1 saturated heterocycles. The Morgan fingerprint density at radius 2 is 2.00 bits per heavy atom. The van der Waals surface area contributed by atoms with E-state index in [1.54, 1.807) is 6.07 Å². The van der Waals surface area contributed by atoms with E-state index in [4.69, 9.17) is 4.74 Å². The van der Waals surface area contributed by atoms with Crippen molar-refractivity contribution in [1.29, 1.82) is 0 Å². The fraction of sp³-hybridized carbons (Fsp3) is 0.450. The molecule has 0 aliphatic carbocycles. The Labute approximate surface area is 143 Å². The van der Waals surface area contributed by atoms with Gasteiger partial charge in [0.1, 0.15) is 5.75 Å². The number of aryl methyl sites for hydroxylation is 1. The van der Waals surface area contributed by atoms with Crippen LogP contribution in [0.15, 0.2) is 47.3 Å². The standard InChI is InChI=1S/C20H26N2O2/c1-2-3-6-15-10-12-16(13-11-15)24-20-17(7-5-14-21-20)18-8-4-9-19(23)22-18/h4,8-13,17,20-21H,2-3,5-7,14H2,1H3,(H,22,23). The Hall–Kier alpha value is -2.07. The fourth-order valence-corrected chi connectivity index (χ4v) is 3.25. The maximum Gasteiger partial charge on any atom is 0.248 e. The van der Waals surface area contributed by atoms with Gasteiger partial charge in [0.05, 0.1) is 0 Å². The molecule has 1 aromatic heterocycles. The van der Waals surface area contributed by atoms with E-state index < -0.39 is 0 Å². The van der Waals surface area contributed by atoms with Gasteiger partial charge >= 0.3 is 0 Å². The van der Waals surface area contributed by atoms with E-state index in [1.165, 1.54) is 18.4 Å². The van der Waals surface area contributed by atoms with E-state index in [0.717, 1.165) is 37.3 Å². The number of H-pyrrole nitrogens is 1. The van der Waals surface area contributed by atoms with Gasteiger partial charge in [-0.25, -0.2) is 0 Å². The number of ether oxygens (including phenoxy) is 1. The number of rotatable bonds is 6. The number of aromatic nitrogens is 1. The van der Waals surface area contributed by atoms with Gasteiger partial charge in [-0.15, -0.1) is 0 Å². The molecular weight excluding hydrogens is 300 g/mol. The molecule has 2 aromatic rings. The van der Waals surface area contributed by atoms with Gasteiger partial charge in [-0.3, -0.25) is 10.1 Å². The maximum absolute atomic E-state index is 11.6. The summed E-state index contributed by atoms with van der Waals surface area (Å²) >= 11 is 0. The van der Waals surface area contributed by atoms with Crippen molar-refractivity contribution in [1.82, 2.24) is 10.3 Å². The second-order valence-electron chi connectivity index (χ2n) is 6.46. The van der Waals surface area contributed by atoms with Crippen LogP contribution in [0.25, 0.3) is 0 Å². The lowest BCUT2D eigenvalue weighted by atomic mass is 9.93. The molecule has 0 amide bonds. The molecule has 0 saturated carbocycles. The molecule has 2 heterocycles. The molecule has 24 heavy (non-hydrogen) atoms. The van der Waals surface area contributed by atoms with Crippen molar-refractivity contribution in [3.8, 4) is 5.75 Å². The van der Waals surface area contributed by atoms with Gasteiger partial charge in [-0.2, -0.15) is 0 Å². The Balaban J connectivity index is 1.70. The van der Waals surface area contributed by atoms with Crippen LogP contribution in [-0.2, 0) is 6.42 Å². The van der Waals surface area contributed by atoms with Crippen LogP contribution in [0.2, 0.25) is 0 Å². The smallest absolute Gasteiger partial charge is 0.248 e. The Bertz CT molecular complexity index is 693. The molecule has 2 unspecified atom stereocenters. The number of piperidine rings is 1. The fourth-order valence-electron chi connectivity index (χ4n) is 3.25. The molecule has 1 fully saturated rings. The van der Waals surface area contributed by atoms with E-state index in [0.29, 0.717) is 0 Å². The molecule has 1 aliphatic rings. The van der Waals surface area contributed by atoms with Crippen LogP contribution < -0.4 is 15.6 Å². The third-order valence-corrected chi connectivity index (χ3v) is 4.60. The van der Waals surface area contributed by atoms with Gasteiger partial charge in [-0.05, 0) is 56.0 Å². The Morgan fingerprint density at radius 3 is 2.75 bits per heavy atom. The lowest BCUT2D eigenvalue weighted by Crippen LogP contribution is -2.44. The van der Waals surface area contributed by atoms with Gasteiger partial charge in [0.25, 0.3) is 0 Å². The molecule has 4 nitrogen and oxygen atoms in total. The lowest BCUT2D eigenvalue weighted by Gasteiger charge is -2.32. The molecule has 2 atom stereocenters. The van der Waals surface area contributed by atoms with Crippen LogP contribution in [0.1, 0.15) is 49.8 Å². The molecular formula is C20H26N2O2. The highest BCUT2D eigenvalue weighted by Crippen LogP contribution is 2.28. The zero-order chi connectivity index (χ0) is 16.8. The summed E-state index contributed by atoms with van der Waals surface area (Å²) in [7, 11) is 0. The molecule has 1 aromatic carbocycles. The van der Waals surface area contributed by atoms with Crippen molar-refractivity contribution in [3.05, 3.63) is 64.1 Å². The number of unbranched alkanes of at least 4 members (excludes halogenated alkanes) is 1. The lowest BCUT2D eigenvalue weighted by molar-refractivity contribution is 0.107. The monoisotopic (exact) mass is 326 g/mol. The van der Waals surface area contributed by atoms with Crippen LogP contribution in [0, 0.1) is 0 Å². The third-order valence-electron chi connectivity index (χ3n) is 4.60. The van der Waals surface area contributed by atoms with Crippen molar-refractivity contribution in [2.24, 2.45) is 0 Å². The van der Waals surface area contributed by atoms with Crippen molar-refractivity contribution < 1.29 is 4.74 Å². The van der Waals surface area contributed by atoms with Crippen LogP contribution in [0.5, 0.6) is 5.75 Å². The summed E-state index contributed by atoms with van der Waals surface area (Å²) in [6, 6.07) is 13.7. The molecule has 0 radical (unpaired) electrons. The van der Waals surface area contributed by atoms with Crippen LogP contribution >= 0.6 is 0 Å². The molecule has 3 rings (SSSR count). The number of aromatic amines is 1. The quantitative estimate of drug-likeness (QED) is 0.853. The summed E-state index contributed by atoms with van der Waals surface area (Å²) < 4.78 is 6.19. The average molecular weight is 326 g/mol. The predicted molar refractivity (Wildman–Crippen MR) is 96.5 cm³/mol.